The van der Waals surface area contributed by atoms with Crippen LogP contribution in [0.5, 0.6) is 0 Å². The van der Waals surface area contributed by atoms with Crippen LogP contribution in [0.3, 0.4) is 0 Å². The second-order valence-corrected chi connectivity index (χ2v) is 27.1. The van der Waals surface area contributed by atoms with Gasteiger partial charge < -0.3 is 33.7 Å². The first-order valence-corrected chi connectivity index (χ1v) is 33.3. The highest BCUT2D eigenvalue weighted by molar-refractivity contribution is 7.87. The van der Waals surface area contributed by atoms with Crippen molar-refractivity contribution in [2.75, 3.05) is 90.3 Å². The molecule has 4 aromatic carbocycles. The summed E-state index contributed by atoms with van der Waals surface area (Å²) in [5, 5.41) is 9.30. The third kappa shape index (κ3) is 16.0. The smallest absolute Gasteiger partial charge is 0.303 e. The Morgan fingerprint density at radius 3 is 1.61 bits per heavy atom. The number of carboxylic acids is 1. The van der Waals surface area contributed by atoms with Gasteiger partial charge in [0.2, 0.25) is 5.69 Å². The molecular formula is C53H69N2O22S5+. The minimum absolute atomic E-state index is 0.0115. The Morgan fingerprint density at radius 2 is 1.11 bits per heavy atom. The lowest BCUT2D eigenvalue weighted by atomic mass is 9.74. The third-order valence-electron chi connectivity index (χ3n) is 14.3. The molecule has 2 unspecified atom stereocenters. The molecule has 4 aromatic rings. The SMILES string of the molecule is CC[N+]1=C(/C=C/C=C/C=C2/N(CCCCCC(=O)O)c3ccc4c(S(=O)(=O)O)cc(S(=O)(=O)O)cc4c3C2(C)CCOCCOCCOCCOCCOC)C(C)(CCCS(=O)(=O)O)c2c1ccc1c(S(=O)(=O)O)cc(S(=O)(=O)O)cc21. The Balaban J connectivity index is 1.44. The van der Waals surface area contributed by atoms with Gasteiger partial charge in [-0.05, 0) is 112 Å². The first-order valence-electron chi connectivity index (χ1n) is 26.0. The van der Waals surface area contributed by atoms with E-state index in [0.717, 1.165) is 12.1 Å². The van der Waals surface area contributed by atoms with Gasteiger partial charge in [0.25, 0.3) is 50.6 Å². The van der Waals surface area contributed by atoms with Crippen LogP contribution in [0.25, 0.3) is 21.5 Å². The maximum atomic E-state index is 12.9. The first-order chi connectivity index (χ1) is 38.4. The maximum Gasteiger partial charge on any atom is 0.303 e. The van der Waals surface area contributed by atoms with Crippen molar-refractivity contribution in [1.29, 1.82) is 0 Å². The van der Waals surface area contributed by atoms with E-state index in [0.29, 0.717) is 98.3 Å². The summed E-state index contributed by atoms with van der Waals surface area (Å²) in [5.41, 5.74) is 0.390. The molecule has 82 heavy (non-hydrogen) atoms. The Hall–Kier alpha value is -5.09. The zero-order chi connectivity index (χ0) is 60.5. The zero-order valence-corrected chi connectivity index (χ0v) is 49.7. The number of anilines is 1. The standard InChI is InChI=1S/C53H68N2O22S5/c1-5-54-43-18-16-39-41(33-37(79(61,62)63)35-45(39)81(67,68)69)50(43)52(2,20-12-32-78(58,59)60)47(54)13-8-6-9-14-48-53(3,21-23-74-26-27-76-30-31-77-29-28-75-25-24-73-4)51-42-34-38(80(64,65)66)36-46(82(70,71)72)40(42)17-19-44(51)55(48)22-11-7-10-15-49(56)57/h6,8-9,13-14,16-19,33-36H,5,7,10-12,15,20-32H2,1-4H3,(H5-,56,57,58,59,60,61,62,63,64,65,66,67,68,69,70,71,72)/p+1. The molecule has 0 saturated carbocycles. The van der Waals surface area contributed by atoms with Crippen LogP contribution in [0, 0.1) is 0 Å². The number of rotatable bonds is 33. The molecule has 0 radical (unpaired) electrons. The van der Waals surface area contributed by atoms with Gasteiger partial charge in [0, 0.05) is 72.0 Å². The van der Waals surface area contributed by atoms with Gasteiger partial charge in [-0.3, -0.25) is 27.6 Å². The van der Waals surface area contributed by atoms with E-state index in [1.807, 2.05) is 16.4 Å². The van der Waals surface area contributed by atoms with Crippen LogP contribution < -0.4 is 4.90 Å². The second-order valence-electron chi connectivity index (χ2n) is 19.9. The van der Waals surface area contributed by atoms with E-state index in [1.54, 1.807) is 63.5 Å². The van der Waals surface area contributed by atoms with E-state index in [2.05, 4.69) is 0 Å². The summed E-state index contributed by atoms with van der Waals surface area (Å²) in [6.07, 6.45) is 9.69. The van der Waals surface area contributed by atoms with E-state index >= 15 is 0 Å². The predicted molar refractivity (Wildman–Crippen MR) is 303 cm³/mol. The fraction of sp³-hybridized carbons (Fsp3) is 0.472. The normalized spacial score (nSPS) is 18.5. The lowest BCUT2D eigenvalue weighted by Crippen LogP contribution is -2.32. The van der Waals surface area contributed by atoms with Crippen LogP contribution in [-0.4, -0.2) is 172 Å². The van der Waals surface area contributed by atoms with Gasteiger partial charge in [0.15, 0.2) is 5.71 Å². The Kier molecular flexibility index (Phi) is 22.0. The molecule has 24 nitrogen and oxygen atoms in total. The molecule has 0 aromatic heterocycles. The van der Waals surface area contributed by atoms with Gasteiger partial charge in [-0.1, -0.05) is 30.7 Å². The first kappa shape index (κ1) is 66.1. The van der Waals surface area contributed by atoms with Crippen molar-refractivity contribution in [3.63, 3.8) is 0 Å². The van der Waals surface area contributed by atoms with Gasteiger partial charge in [0.1, 0.15) is 16.3 Å². The summed E-state index contributed by atoms with van der Waals surface area (Å²) in [5.74, 6) is -1.65. The van der Waals surface area contributed by atoms with Gasteiger partial charge >= 0.3 is 5.97 Å². The molecule has 2 aliphatic heterocycles. The van der Waals surface area contributed by atoms with Crippen LogP contribution in [0.4, 0.5) is 11.4 Å². The predicted octanol–water partition coefficient (Wildman–Crippen LogP) is 6.55. The molecule has 0 amide bonds. The minimum Gasteiger partial charge on any atom is -0.481 e. The summed E-state index contributed by atoms with van der Waals surface area (Å²) in [6, 6.07) is 9.47. The van der Waals surface area contributed by atoms with Gasteiger partial charge in [0.05, 0.1) is 73.8 Å². The number of ether oxygens (including phenoxy) is 5. The molecular weight excluding hydrogens is 1180 g/mol. The Morgan fingerprint density at radius 1 is 0.585 bits per heavy atom. The topological polar surface area (TPSA) is 362 Å². The van der Waals surface area contributed by atoms with Crippen LogP contribution >= 0.6 is 0 Å². The Labute approximate surface area is 477 Å². The molecule has 6 N–H and O–H groups in total. The Bertz CT molecular complexity index is 3750. The lowest BCUT2D eigenvalue weighted by Gasteiger charge is -2.31. The largest absolute Gasteiger partial charge is 0.481 e. The molecule has 0 saturated heterocycles. The van der Waals surface area contributed by atoms with E-state index in [-0.39, 0.29) is 86.7 Å². The second kappa shape index (κ2) is 27.3. The third-order valence-corrected chi connectivity index (χ3v) is 18.6. The summed E-state index contributed by atoms with van der Waals surface area (Å²) < 4.78 is 206. The van der Waals surface area contributed by atoms with Crippen molar-refractivity contribution in [1.82, 2.24) is 0 Å². The number of fused-ring (bicyclic) bond motifs is 6. The zero-order valence-electron chi connectivity index (χ0n) is 45.6. The number of nitrogens with zero attached hydrogens (tertiary/aromatic N) is 2. The molecule has 0 fully saturated rings. The van der Waals surface area contributed by atoms with Crippen molar-refractivity contribution in [3.05, 3.63) is 95.7 Å². The minimum atomic E-state index is -5.10. The van der Waals surface area contributed by atoms with E-state index in [4.69, 9.17) is 23.7 Å². The monoisotopic (exact) mass is 1250 g/mol. The molecule has 0 bridgehead atoms. The molecule has 0 aliphatic carbocycles. The van der Waals surface area contributed by atoms with Crippen LogP contribution in [0.15, 0.2) is 104 Å². The highest BCUT2D eigenvalue weighted by atomic mass is 32.2. The average molecular weight is 1250 g/mol. The van der Waals surface area contributed by atoms with Crippen LogP contribution in [0.2, 0.25) is 0 Å². The highest BCUT2D eigenvalue weighted by Crippen LogP contribution is 2.54. The number of allylic oxidation sites excluding steroid dienone is 6. The maximum absolute atomic E-state index is 12.9. The molecule has 2 aliphatic rings. The van der Waals surface area contributed by atoms with Crippen molar-refractivity contribution in [3.8, 4) is 0 Å². The number of hydrogen-bond acceptors (Lipinski definition) is 17. The average Bonchev–Trinajstić information content (AvgIpc) is 1.66. The van der Waals surface area contributed by atoms with E-state index < -0.39 is 92.7 Å². The van der Waals surface area contributed by atoms with Crippen molar-refractivity contribution in [2.45, 2.75) is 96.1 Å². The number of benzene rings is 4. The van der Waals surface area contributed by atoms with E-state index in [9.17, 15) is 74.8 Å². The number of methoxy groups -OCH3 is 1. The molecule has 2 atom stereocenters. The molecule has 2 heterocycles. The van der Waals surface area contributed by atoms with Crippen LogP contribution in [0.1, 0.15) is 76.8 Å². The molecule has 452 valence electrons. The fourth-order valence-corrected chi connectivity index (χ4v) is 13.9. The van der Waals surface area contributed by atoms with Gasteiger partial charge in [-0.25, -0.2) is 0 Å². The van der Waals surface area contributed by atoms with Crippen molar-refractivity contribution >= 4 is 95.2 Å². The van der Waals surface area contributed by atoms with Crippen molar-refractivity contribution < 1.29 is 103 Å². The van der Waals surface area contributed by atoms with Gasteiger partial charge in [-0.15, -0.1) is 0 Å². The fourth-order valence-electron chi connectivity index (χ4n) is 10.7. The summed E-state index contributed by atoms with van der Waals surface area (Å²) in [7, 11) is -23.2. The van der Waals surface area contributed by atoms with Gasteiger partial charge in [-0.2, -0.15) is 46.7 Å². The summed E-state index contributed by atoms with van der Waals surface area (Å²) >= 11 is 0. The van der Waals surface area contributed by atoms with E-state index in [1.165, 1.54) is 12.1 Å². The lowest BCUT2D eigenvalue weighted by molar-refractivity contribution is -0.433. The summed E-state index contributed by atoms with van der Waals surface area (Å²) in [4.78, 5) is 10.2. The summed E-state index contributed by atoms with van der Waals surface area (Å²) in [6.45, 7) is 8.50. The molecule has 0 spiro atoms. The highest BCUT2D eigenvalue weighted by Gasteiger charge is 2.49. The quantitative estimate of drug-likeness (QED) is 0.0127. The molecule has 6 rings (SSSR count). The number of hydrogen-bond donors (Lipinski definition) is 6. The number of carboxylic acid groups (broad SMARTS) is 1. The number of carbonyl (C=O) groups is 1. The van der Waals surface area contributed by atoms with Crippen LogP contribution in [-0.2, 0) is 89.9 Å². The molecule has 29 heteroatoms. The van der Waals surface area contributed by atoms with Crippen molar-refractivity contribution in [2.24, 2.45) is 0 Å². The number of aliphatic carboxylic acids is 1. The number of unbranched alkanes of at least 4 members (excludes halogenated alkanes) is 2.